The minimum atomic E-state index is -0.276. The van der Waals surface area contributed by atoms with E-state index in [-0.39, 0.29) is 24.2 Å². The van der Waals surface area contributed by atoms with E-state index in [1.807, 2.05) is 18.0 Å². The number of hydrogen-bond donors (Lipinski definition) is 0. The van der Waals surface area contributed by atoms with Crippen LogP contribution in [-0.4, -0.2) is 30.5 Å². The third kappa shape index (κ3) is 1.65. The Morgan fingerprint density at radius 1 is 1.28 bits per heavy atom. The SMILES string of the molecule is CN1C(=O)CO[C@]2(c3ccccc3)CCCC[C@@H]12. The normalized spacial score (nSPS) is 32.2. The number of carbonyl (C=O) groups is 1. The molecule has 1 saturated carbocycles. The molecule has 3 nitrogen and oxygen atoms in total. The molecule has 0 bridgehead atoms. The average molecular weight is 245 g/mol. The summed E-state index contributed by atoms with van der Waals surface area (Å²) in [6.07, 6.45) is 4.41. The van der Waals surface area contributed by atoms with Crippen molar-refractivity contribution < 1.29 is 9.53 Å². The molecule has 0 radical (unpaired) electrons. The van der Waals surface area contributed by atoms with Crippen LogP contribution in [-0.2, 0) is 15.1 Å². The third-order valence-corrected chi connectivity index (χ3v) is 4.39. The molecular weight excluding hydrogens is 226 g/mol. The first-order valence-electron chi connectivity index (χ1n) is 6.69. The molecule has 1 aliphatic carbocycles. The predicted molar refractivity (Wildman–Crippen MR) is 69.1 cm³/mol. The van der Waals surface area contributed by atoms with Crippen LogP contribution in [0.2, 0.25) is 0 Å². The third-order valence-electron chi connectivity index (χ3n) is 4.39. The van der Waals surface area contributed by atoms with Crippen LogP contribution in [0.15, 0.2) is 30.3 Å². The molecular formula is C15H19NO2. The number of morpholine rings is 1. The molecule has 0 aromatic heterocycles. The van der Waals surface area contributed by atoms with Crippen molar-refractivity contribution in [2.24, 2.45) is 0 Å². The second-order valence-corrected chi connectivity index (χ2v) is 5.31. The largest absolute Gasteiger partial charge is 0.358 e. The van der Waals surface area contributed by atoms with Crippen LogP contribution in [0, 0.1) is 0 Å². The highest BCUT2D eigenvalue weighted by Gasteiger charge is 2.49. The highest BCUT2D eigenvalue weighted by molar-refractivity contribution is 5.78. The summed E-state index contributed by atoms with van der Waals surface area (Å²) >= 11 is 0. The highest BCUT2D eigenvalue weighted by Crippen LogP contribution is 2.44. The van der Waals surface area contributed by atoms with Gasteiger partial charge in [0.05, 0.1) is 6.04 Å². The fourth-order valence-corrected chi connectivity index (χ4v) is 3.41. The zero-order valence-corrected chi connectivity index (χ0v) is 10.8. The maximum Gasteiger partial charge on any atom is 0.248 e. The molecule has 3 heteroatoms. The van der Waals surface area contributed by atoms with E-state index in [9.17, 15) is 4.79 Å². The summed E-state index contributed by atoms with van der Waals surface area (Å²) in [5, 5.41) is 0. The number of ether oxygens (including phenoxy) is 1. The summed E-state index contributed by atoms with van der Waals surface area (Å²) in [6, 6.07) is 10.6. The quantitative estimate of drug-likeness (QED) is 0.760. The van der Waals surface area contributed by atoms with Crippen molar-refractivity contribution >= 4 is 5.91 Å². The monoisotopic (exact) mass is 245 g/mol. The van der Waals surface area contributed by atoms with Crippen molar-refractivity contribution in [3.8, 4) is 0 Å². The molecule has 1 saturated heterocycles. The van der Waals surface area contributed by atoms with Gasteiger partial charge in [-0.25, -0.2) is 0 Å². The lowest BCUT2D eigenvalue weighted by molar-refractivity contribution is -0.186. The highest BCUT2D eigenvalue weighted by atomic mass is 16.5. The van der Waals surface area contributed by atoms with Gasteiger partial charge in [0.1, 0.15) is 12.2 Å². The van der Waals surface area contributed by atoms with Gasteiger partial charge in [-0.05, 0) is 18.4 Å². The maximum absolute atomic E-state index is 11.8. The van der Waals surface area contributed by atoms with Crippen LogP contribution in [0.3, 0.4) is 0 Å². The number of hydrogen-bond acceptors (Lipinski definition) is 2. The van der Waals surface area contributed by atoms with Crippen molar-refractivity contribution in [3.63, 3.8) is 0 Å². The van der Waals surface area contributed by atoms with E-state index in [4.69, 9.17) is 4.74 Å². The van der Waals surface area contributed by atoms with E-state index in [1.165, 1.54) is 18.4 Å². The van der Waals surface area contributed by atoms with E-state index in [1.54, 1.807) is 0 Å². The van der Waals surface area contributed by atoms with E-state index in [0.717, 1.165) is 12.8 Å². The molecule has 1 aromatic rings. The molecule has 2 atom stereocenters. The first-order valence-corrected chi connectivity index (χ1v) is 6.69. The molecule has 1 heterocycles. The first-order chi connectivity index (χ1) is 8.74. The van der Waals surface area contributed by atoms with E-state index in [0.29, 0.717) is 0 Å². The second-order valence-electron chi connectivity index (χ2n) is 5.31. The van der Waals surface area contributed by atoms with E-state index < -0.39 is 0 Å². The standard InChI is InChI=1S/C15H19NO2/c1-16-13-9-5-6-10-15(13,18-11-14(16)17)12-7-3-2-4-8-12/h2-4,7-8,13H,5-6,9-11H2,1H3/t13-,15+/m1/s1. The van der Waals surface area contributed by atoms with Crippen LogP contribution in [0.1, 0.15) is 31.2 Å². The molecule has 18 heavy (non-hydrogen) atoms. The fourth-order valence-electron chi connectivity index (χ4n) is 3.41. The summed E-state index contributed by atoms with van der Waals surface area (Å²) in [5.74, 6) is 0.105. The molecule has 0 spiro atoms. The first kappa shape index (κ1) is 11.7. The molecule has 0 unspecified atom stereocenters. The Balaban J connectivity index is 2.03. The minimum absolute atomic E-state index is 0.105. The lowest BCUT2D eigenvalue weighted by Crippen LogP contribution is -2.60. The number of benzene rings is 1. The fraction of sp³-hybridized carbons (Fsp3) is 0.533. The number of amides is 1. The second kappa shape index (κ2) is 4.39. The lowest BCUT2D eigenvalue weighted by atomic mass is 9.74. The molecule has 1 aromatic carbocycles. The number of likely N-dealkylation sites (N-methyl/N-ethyl adjacent to an activating group) is 1. The van der Waals surface area contributed by atoms with Gasteiger partial charge in [0.15, 0.2) is 0 Å². The smallest absolute Gasteiger partial charge is 0.248 e. The Hall–Kier alpha value is -1.35. The summed E-state index contributed by atoms with van der Waals surface area (Å²) in [5.41, 5.74) is 0.941. The Kier molecular flexibility index (Phi) is 2.86. The number of rotatable bonds is 1. The topological polar surface area (TPSA) is 29.5 Å². The molecule has 2 fully saturated rings. The number of fused-ring (bicyclic) bond motifs is 1. The minimum Gasteiger partial charge on any atom is -0.358 e. The lowest BCUT2D eigenvalue weighted by Gasteiger charge is -2.51. The van der Waals surface area contributed by atoms with Gasteiger partial charge in [-0.3, -0.25) is 4.79 Å². The predicted octanol–water partition coefficient (Wildman–Crippen LogP) is 2.31. The van der Waals surface area contributed by atoms with E-state index in [2.05, 4.69) is 24.3 Å². The Morgan fingerprint density at radius 3 is 2.83 bits per heavy atom. The Morgan fingerprint density at radius 2 is 2.06 bits per heavy atom. The summed E-state index contributed by atoms with van der Waals surface area (Å²) in [4.78, 5) is 13.7. The Labute approximate surface area is 108 Å². The van der Waals surface area contributed by atoms with Crippen molar-refractivity contribution in [2.45, 2.75) is 37.3 Å². The molecule has 1 aliphatic heterocycles. The molecule has 1 amide bonds. The van der Waals surface area contributed by atoms with E-state index >= 15 is 0 Å². The van der Waals surface area contributed by atoms with Gasteiger partial charge in [0.2, 0.25) is 5.91 Å². The van der Waals surface area contributed by atoms with Gasteiger partial charge in [-0.1, -0.05) is 43.2 Å². The number of nitrogens with zero attached hydrogens (tertiary/aromatic N) is 1. The summed E-state index contributed by atoms with van der Waals surface area (Å²) in [7, 11) is 1.92. The Bertz CT molecular complexity index is 445. The van der Waals surface area contributed by atoms with Crippen LogP contribution < -0.4 is 0 Å². The molecule has 0 N–H and O–H groups in total. The van der Waals surface area contributed by atoms with Crippen LogP contribution in [0.4, 0.5) is 0 Å². The van der Waals surface area contributed by atoms with Gasteiger partial charge in [-0.15, -0.1) is 0 Å². The molecule has 3 rings (SSSR count). The van der Waals surface area contributed by atoms with Gasteiger partial charge in [0.25, 0.3) is 0 Å². The van der Waals surface area contributed by atoms with Crippen LogP contribution >= 0.6 is 0 Å². The zero-order chi connectivity index (χ0) is 12.6. The summed E-state index contributed by atoms with van der Waals surface area (Å²) in [6.45, 7) is 0.210. The molecule has 96 valence electrons. The van der Waals surface area contributed by atoms with Crippen molar-refractivity contribution in [1.82, 2.24) is 4.90 Å². The van der Waals surface area contributed by atoms with Crippen molar-refractivity contribution in [2.75, 3.05) is 13.7 Å². The van der Waals surface area contributed by atoms with Crippen molar-refractivity contribution in [3.05, 3.63) is 35.9 Å². The van der Waals surface area contributed by atoms with Crippen LogP contribution in [0.5, 0.6) is 0 Å². The van der Waals surface area contributed by atoms with Gasteiger partial charge in [0, 0.05) is 7.05 Å². The van der Waals surface area contributed by atoms with Gasteiger partial charge in [-0.2, -0.15) is 0 Å². The van der Waals surface area contributed by atoms with Crippen LogP contribution in [0.25, 0.3) is 0 Å². The zero-order valence-electron chi connectivity index (χ0n) is 10.8. The maximum atomic E-state index is 11.8. The average Bonchev–Trinajstić information content (AvgIpc) is 2.44. The molecule has 2 aliphatic rings. The van der Waals surface area contributed by atoms with Crippen molar-refractivity contribution in [1.29, 1.82) is 0 Å². The summed E-state index contributed by atoms with van der Waals surface area (Å²) < 4.78 is 6.05. The van der Waals surface area contributed by atoms with Gasteiger partial charge < -0.3 is 9.64 Å². The van der Waals surface area contributed by atoms with Gasteiger partial charge >= 0.3 is 0 Å². The number of carbonyl (C=O) groups excluding carboxylic acids is 1.